The summed E-state index contributed by atoms with van der Waals surface area (Å²) in [5.41, 5.74) is 1.33. The van der Waals surface area contributed by atoms with Crippen LogP contribution in [0.4, 0.5) is 10.6 Å². The topological polar surface area (TPSA) is 62.5 Å². The SMILES string of the molecule is Cc1cc(NC(=O)N2C=CC=NC2)n(-c2cc(Cl)ccc2Cl)n1. The van der Waals surface area contributed by atoms with Gasteiger partial charge in [-0.3, -0.25) is 15.2 Å². The fourth-order valence-corrected chi connectivity index (χ4v) is 2.48. The largest absolute Gasteiger partial charge is 0.328 e. The van der Waals surface area contributed by atoms with Crippen LogP contribution in [0.1, 0.15) is 5.69 Å². The van der Waals surface area contributed by atoms with E-state index in [1.807, 2.05) is 6.92 Å². The van der Waals surface area contributed by atoms with Crippen molar-refractivity contribution in [3.05, 3.63) is 52.3 Å². The van der Waals surface area contributed by atoms with E-state index >= 15 is 0 Å². The summed E-state index contributed by atoms with van der Waals surface area (Å²) in [5, 5.41) is 8.19. The van der Waals surface area contributed by atoms with Crippen molar-refractivity contribution in [2.75, 3.05) is 12.0 Å². The third kappa shape index (κ3) is 3.38. The Hall–Kier alpha value is -2.31. The lowest BCUT2D eigenvalue weighted by atomic mass is 10.3. The smallest absolute Gasteiger partial charge is 0.292 e. The highest BCUT2D eigenvalue weighted by Gasteiger charge is 2.17. The number of hydrogen-bond donors (Lipinski definition) is 1. The predicted molar refractivity (Wildman–Crippen MR) is 91.7 cm³/mol. The number of carbonyl (C=O) groups is 1. The number of allylic oxidation sites excluding steroid dienone is 1. The maximum atomic E-state index is 12.3. The molecule has 0 aliphatic carbocycles. The molecular weight excluding hydrogens is 337 g/mol. The maximum absolute atomic E-state index is 12.3. The number of urea groups is 1. The van der Waals surface area contributed by atoms with Crippen LogP contribution in [0.25, 0.3) is 5.69 Å². The van der Waals surface area contributed by atoms with Gasteiger partial charge in [-0.15, -0.1) is 0 Å². The lowest BCUT2D eigenvalue weighted by Gasteiger charge is -2.19. The number of nitrogens with zero attached hydrogens (tertiary/aromatic N) is 4. The fourth-order valence-electron chi connectivity index (χ4n) is 2.12. The van der Waals surface area contributed by atoms with Gasteiger partial charge in [0.1, 0.15) is 12.5 Å². The zero-order valence-corrected chi connectivity index (χ0v) is 13.7. The molecule has 1 aromatic carbocycles. The van der Waals surface area contributed by atoms with E-state index in [-0.39, 0.29) is 12.7 Å². The van der Waals surface area contributed by atoms with Crippen molar-refractivity contribution in [2.45, 2.75) is 6.92 Å². The van der Waals surface area contributed by atoms with Gasteiger partial charge in [0, 0.05) is 23.5 Å². The van der Waals surface area contributed by atoms with Crippen LogP contribution < -0.4 is 5.32 Å². The fraction of sp³-hybridized carbons (Fsp3) is 0.133. The molecule has 0 fully saturated rings. The van der Waals surface area contributed by atoms with E-state index < -0.39 is 0 Å². The van der Waals surface area contributed by atoms with Crippen molar-refractivity contribution in [3.63, 3.8) is 0 Å². The van der Waals surface area contributed by atoms with Gasteiger partial charge in [0.15, 0.2) is 0 Å². The van der Waals surface area contributed by atoms with E-state index in [4.69, 9.17) is 23.2 Å². The Balaban J connectivity index is 1.92. The van der Waals surface area contributed by atoms with Gasteiger partial charge >= 0.3 is 6.03 Å². The zero-order valence-electron chi connectivity index (χ0n) is 12.2. The molecule has 1 aromatic heterocycles. The number of hydrogen-bond acceptors (Lipinski definition) is 3. The number of amides is 2. The van der Waals surface area contributed by atoms with Crippen LogP contribution in [0, 0.1) is 6.92 Å². The maximum Gasteiger partial charge on any atom is 0.328 e. The van der Waals surface area contributed by atoms with Crippen molar-refractivity contribution in [3.8, 4) is 5.69 Å². The standard InChI is InChI=1S/C15H13Cl2N5O/c1-10-7-14(19-15(23)21-6-2-5-18-9-21)22(20-10)13-8-11(16)3-4-12(13)17/h2-8H,9H2,1H3,(H,19,23). The summed E-state index contributed by atoms with van der Waals surface area (Å²) in [5.74, 6) is 0.500. The molecule has 6 nitrogen and oxygen atoms in total. The molecule has 1 aliphatic rings. The molecule has 118 valence electrons. The van der Waals surface area contributed by atoms with Crippen molar-refractivity contribution in [1.82, 2.24) is 14.7 Å². The Morgan fingerprint density at radius 2 is 2.13 bits per heavy atom. The number of rotatable bonds is 2. The third-order valence-electron chi connectivity index (χ3n) is 3.16. The summed E-state index contributed by atoms with van der Waals surface area (Å²) in [6.45, 7) is 2.10. The average molecular weight is 350 g/mol. The summed E-state index contributed by atoms with van der Waals surface area (Å²) < 4.78 is 1.55. The van der Waals surface area contributed by atoms with E-state index in [0.717, 1.165) is 5.69 Å². The first kappa shape index (κ1) is 15.6. The molecule has 1 N–H and O–H groups in total. The number of carbonyl (C=O) groups excluding carboxylic acids is 1. The van der Waals surface area contributed by atoms with Crippen molar-refractivity contribution in [1.29, 1.82) is 0 Å². The highest BCUT2D eigenvalue weighted by atomic mass is 35.5. The first-order valence-corrected chi connectivity index (χ1v) is 7.56. The highest BCUT2D eigenvalue weighted by molar-refractivity contribution is 6.34. The number of aryl methyl sites for hydroxylation is 1. The monoisotopic (exact) mass is 349 g/mol. The Labute approximate surface area is 143 Å². The molecule has 0 saturated heterocycles. The van der Waals surface area contributed by atoms with E-state index in [1.165, 1.54) is 4.90 Å². The van der Waals surface area contributed by atoms with Gasteiger partial charge in [-0.1, -0.05) is 23.2 Å². The van der Waals surface area contributed by atoms with Gasteiger partial charge in [-0.25, -0.2) is 9.48 Å². The van der Waals surface area contributed by atoms with Crippen LogP contribution in [0.2, 0.25) is 10.0 Å². The van der Waals surface area contributed by atoms with Crippen LogP contribution in [-0.2, 0) is 0 Å². The Morgan fingerprint density at radius 1 is 1.30 bits per heavy atom. The van der Waals surface area contributed by atoms with Gasteiger partial charge in [-0.2, -0.15) is 5.10 Å². The number of nitrogens with one attached hydrogen (secondary N) is 1. The number of aliphatic imine (C=N–C) groups is 1. The molecule has 2 aromatic rings. The van der Waals surface area contributed by atoms with Crippen LogP contribution in [0.15, 0.2) is 41.5 Å². The summed E-state index contributed by atoms with van der Waals surface area (Å²) >= 11 is 12.3. The molecule has 23 heavy (non-hydrogen) atoms. The van der Waals surface area contributed by atoms with Gasteiger partial charge in [-0.05, 0) is 31.2 Å². The van der Waals surface area contributed by atoms with Crippen LogP contribution in [0.5, 0.6) is 0 Å². The average Bonchev–Trinajstić information content (AvgIpc) is 2.91. The minimum absolute atomic E-state index is 0.271. The number of benzene rings is 1. The molecule has 0 radical (unpaired) electrons. The van der Waals surface area contributed by atoms with E-state index in [9.17, 15) is 4.79 Å². The summed E-state index contributed by atoms with van der Waals surface area (Å²) in [6.07, 6.45) is 4.99. The molecule has 0 atom stereocenters. The third-order valence-corrected chi connectivity index (χ3v) is 3.71. The minimum Gasteiger partial charge on any atom is -0.292 e. The van der Waals surface area contributed by atoms with Crippen molar-refractivity contribution >= 4 is 41.3 Å². The lowest BCUT2D eigenvalue weighted by molar-refractivity contribution is 0.229. The second kappa shape index (κ2) is 6.44. The molecule has 2 amide bonds. The van der Waals surface area contributed by atoms with Gasteiger partial charge in [0.05, 0.1) is 16.4 Å². The van der Waals surface area contributed by atoms with Crippen LogP contribution >= 0.6 is 23.2 Å². The molecule has 0 unspecified atom stereocenters. The van der Waals surface area contributed by atoms with Crippen molar-refractivity contribution < 1.29 is 4.79 Å². The minimum atomic E-state index is -0.308. The molecule has 2 heterocycles. The lowest BCUT2D eigenvalue weighted by Crippen LogP contribution is -2.32. The number of halogens is 2. The molecule has 0 saturated carbocycles. The van der Waals surface area contributed by atoms with Gasteiger partial charge in [0.2, 0.25) is 0 Å². The van der Waals surface area contributed by atoms with Crippen LogP contribution in [-0.4, -0.2) is 33.6 Å². The summed E-state index contributed by atoms with van der Waals surface area (Å²) in [7, 11) is 0. The molecule has 8 heteroatoms. The Bertz CT molecular complexity index is 812. The summed E-state index contributed by atoms with van der Waals surface area (Å²) in [6, 6.07) is 6.52. The second-order valence-corrected chi connectivity index (χ2v) is 5.74. The van der Waals surface area contributed by atoms with E-state index in [0.29, 0.717) is 21.6 Å². The molecular formula is C15H13Cl2N5O. The van der Waals surface area contributed by atoms with Crippen molar-refractivity contribution in [2.24, 2.45) is 4.99 Å². The van der Waals surface area contributed by atoms with E-state index in [1.54, 1.807) is 47.4 Å². The Kier molecular flexibility index (Phi) is 4.36. The first-order valence-electron chi connectivity index (χ1n) is 6.81. The normalized spacial score (nSPS) is 13.4. The van der Waals surface area contributed by atoms with Gasteiger partial charge < -0.3 is 0 Å². The zero-order chi connectivity index (χ0) is 16.4. The molecule has 3 rings (SSSR count). The van der Waals surface area contributed by atoms with Gasteiger partial charge in [0.25, 0.3) is 0 Å². The molecule has 0 bridgehead atoms. The quantitative estimate of drug-likeness (QED) is 0.894. The molecule has 1 aliphatic heterocycles. The Morgan fingerprint density at radius 3 is 2.87 bits per heavy atom. The number of aromatic nitrogens is 2. The highest BCUT2D eigenvalue weighted by Crippen LogP contribution is 2.27. The summed E-state index contributed by atoms with van der Waals surface area (Å²) in [4.78, 5) is 17.8. The second-order valence-electron chi connectivity index (χ2n) is 4.89. The van der Waals surface area contributed by atoms with Crippen LogP contribution in [0.3, 0.4) is 0 Å². The number of anilines is 1. The molecule has 0 spiro atoms. The predicted octanol–water partition coefficient (Wildman–Crippen LogP) is 3.88. The van der Waals surface area contributed by atoms with E-state index in [2.05, 4.69) is 15.4 Å². The first-order chi connectivity index (χ1) is 11.0.